The fraction of sp³-hybridized carbons (Fsp3) is 0.273. The maximum absolute atomic E-state index is 12.3. The lowest BCUT2D eigenvalue weighted by molar-refractivity contribution is -0.121. The van der Waals surface area contributed by atoms with Gasteiger partial charge in [0.25, 0.3) is 0 Å². The molecular formula is C11H11Cl2N5O2S. The molecule has 0 spiro atoms. The van der Waals surface area contributed by atoms with E-state index in [0.29, 0.717) is 16.1 Å². The van der Waals surface area contributed by atoms with Gasteiger partial charge in [0.15, 0.2) is 5.84 Å². The third kappa shape index (κ3) is 2.74. The highest BCUT2D eigenvalue weighted by molar-refractivity contribution is 7.00. The maximum atomic E-state index is 12.3. The molecular weight excluding hydrogens is 337 g/mol. The van der Waals surface area contributed by atoms with E-state index < -0.39 is 11.3 Å². The number of hydrogen-bond acceptors (Lipinski definition) is 6. The number of halogens is 2. The van der Waals surface area contributed by atoms with Crippen LogP contribution in [0.5, 0.6) is 0 Å². The average molecular weight is 348 g/mol. The second kappa shape index (κ2) is 5.63. The fourth-order valence-corrected chi connectivity index (χ4v) is 2.66. The molecule has 1 aromatic carbocycles. The Kier molecular flexibility index (Phi) is 4.22. The highest BCUT2D eigenvalue weighted by Crippen LogP contribution is 2.36. The number of carbonyl (C=O) groups excluding carboxylic acids is 1. The molecule has 0 saturated carbocycles. The van der Waals surface area contributed by atoms with Crippen molar-refractivity contribution in [1.82, 2.24) is 8.75 Å². The van der Waals surface area contributed by atoms with Crippen LogP contribution in [0.3, 0.4) is 0 Å². The number of aromatic nitrogens is 2. The first-order valence-electron chi connectivity index (χ1n) is 5.68. The van der Waals surface area contributed by atoms with E-state index in [0.717, 1.165) is 11.7 Å². The van der Waals surface area contributed by atoms with Crippen LogP contribution >= 0.6 is 34.9 Å². The molecule has 0 unspecified atom stereocenters. The summed E-state index contributed by atoms with van der Waals surface area (Å²) in [5.41, 5.74) is 5.41. The van der Waals surface area contributed by atoms with E-state index in [2.05, 4.69) is 19.2 Å². The molecule has 0 bridgehead atoms. The summed E-state index contributed by atoms with van der Waals surface area (Å²) in [4.78, 5) is 12.3. The minimum atomic E-state index is -1.23. The van der Waals surface area contributed by atoms with Crippen LogP contribution in [0, 0.1) is 5.41 Å². The normalized spacial score (nSPS) is 12.7. The summed E-state index contributed by atoms with van der Waals surface area (Å²) in [5, 5.41) is 14.8. The SMILES string of the molecule is CC(C)(C(=O)Nc1c(Cl)cc(Cl)c2nsnc12)C(N)=NO. The van der Waals surface area contributed by atoms with Crippen LogP contribution in [0.15, 0.2) is 11.2 Å². The number of oxime groups is 1. The summed E-state index contributed by atoms with van der Waals surface area (Å²) in [5.74, 6) is -0.728. The molecule has 2 rings (SSSR count). The number of fused-ring (bicyclic) bond motifs is 1. The number of amidine groups is 1. The van der Waals surface area contributed by atoms with Crippen LogP contribution in [-0.4, -0.2) is 25.7 Å². The Morgan fingerprint density at radius 3 is 2.62 bits per heavy atom. The zero-order chi connectivity index (χ0) is 15.8. The number of amides is 1. The van der Waals surface area contributed by atoms with E-state index in [1.165, 1.54) is 19.9 Å². The number of nitrogens with two attached hydrogens (primary N) is 1. The van der Waals surface area contributed by atoms with Crippen molar-refractivity contribution in [3.8, 4) is 0 Å². The number of anilines is 1. The van der Waals surface area contributed by atoms with Crippen molar-refractivity contribution in [1.29, 1.82) is 0 Å². The van der Waals surface area contributed by atoms with Crippen molar-refractivity contribution in [3.05, 3.63) is 16.1 Å². The van der Waals surface area contributed by atoms with E-state index >= 15 is 0 Å². The van der Waals surface area contributed by atoms with Gasteiger partial charge in [0, 0.05) is 0 Å². The van der Waals surface area contributed by atoms with Crippen molar-refractivity contribution < 1.29 is 10.0 Å². The zero-order valence-corrected chi connectivity index (χ0v) is 13.3. The third-order valence-corrected chi connectivity index (χ3v) is 4.11. The number of benzene rings is 1. The van der Waals surface area contributed by atoms with Crippen molar-refractivity contribution in [2.75, 3.05) is 5.32 Å². The van der Waals surface area contributed by atoms with Crippen molar-refractivity contribution in [2.24, 2.45) is 16.3 Å². The molecule has 1 aromatic heterocycles. The first kappa shape index (κ1) is 15.7. The van der Waals surface area contributed by atoms with Gasteiger partial charge >= 0.3 is 0 Å². The van der Waals surface area contributed by atoms with Crippen molar-refractivity contribution in [3.63, 3.8) is 0 Å². The number of nitrogens with zero attached hydrogens (tertiary/aromatic N) is 3. The Labute approximate surface area is 134 Å². The summed E-state index contributed by atoms with van der Waals surface area (Å²) in [6, 6.07) is 1.47. The standard InChI is InChI=1S/C11H11Cl2N5O2S/c1-11(2,9(14)16-20)10(19)15-6-4(12)3-5(13)7-8(6)18-21-17-7/h3,20H,1-2H3,(H2,14,16)(H,15,19). The summed E-state index contributed by atoms with van der Waals surface area (Å²) in [7, 11) is 0. The quantitative estimate of drug-likeness (QED) is 0.342. The summed E-state index contributed by atoms with van der Waals surface area (Å²) < 4.78 is 8.12. The van der Waals surface area contributed by atoms with E-state index in [9.17, 15) is 4.79 Å². The molecule has 7 nitrogen and oxygen atoms in total. The van der Waals surface area contributed by atoms with Crippen LogP contribution in [0.2, 0.25) is 10.0 Å². The first-order valence-corrected chi connectivity index (χ1v) is 7.17. The van der Waals surface area contributed by atoms with E-state index in [-0.39, 0.29) is 16.5 Å². The lowest BCUT2D eigenvalue weighted by Crippen LogP contribution is -2.42. The molecule has 0 aliphatic rings. The summed E-state index contributed by atoms with van der Waals surface area (Å²) in [6.07, 6.45) is 0. The van der Waals surface area contributed by atoms with Gasteiger partial charge in [0.1, 0.15) is 16.4 Å². The molecule has 21 heavy (non-hydrogen) atoms. The topological polar surface area (TPSA) is 113 Å². The molecule has 0 saturated heterocycles. The van der Waals surface area contributed by atoms with Gasteiger partial charge in [-0.15, -0.1) is 0 Å². The summed E-state index contributed by atoms with van der Waals surface area (Å²) in [6.45, 7) is 3.02. The number of rotatable bonds is 3. The van der Waals surface area contributed by atoms with Gasteiger partial charge in [-0.1, -0.05) is 28.4 Å². The molecule has 0 aliphatic carbocycles. The van der Waals surface area contributed by atoms with Crippen molar-refractivity contribution in [2.45, 2.75) is 13.8 Å². The van der Waals surface area contributed by atoms with Crippen LogP contribution in [0.1, 0.15) is 13.8 Å². The van der Waals surface area contributed by atoms with Crippen molar-refractivity contribution >= 4 is 63.4 Å². The Morgan fingerprint density at radius 1 is 1.38 bits per heavy atom. The van der Waals surface area contributed by atoms with Crippen LogP contribution in [-0.2, 0) is 4.79 Å². The lowest BCUT2D eigenvalue weighted by Gasteiger charge is -2.22. The summed E-state index contributed by atoms with van der Waals surface area (Å²) >= 11 is 13.1. The second-order valence-corrected chi connectivity index (χ2v) is 6.08. The van der Waals surface area contributed by atoms with Gasteiger partial charge in [-0.2, -0.15) is 8.75 Å². The molecule has 0 radical (unpaired) electrons. The third-order valence-electron chi connectivity index (χ3n) is 3.00. The van der Waals surface area contributed by atoms with Crippen LogP contribution < -0.4 is 11.1 Å². The molecule has 4 N–H and O–H groups in total. The number of nitrogens with one attached hydrogen (secondary N) is 1. The Hall–Kier alpha value is -1.64. The molecule has 1 amide bonds. The minimum absolute atomic E-state index is 0.224. The fourth-order valence-electron chi connectivity index (χ4n) is 1.50. The first-order chi connectivity index (χ1) is 9.78. The van der Waals surface area contributed by atoms with Gasteiger partial charge in [-0.05, 0) is 19.9 Å². The zero-order valence-electron chi connectivity index (χ0n) is 11.0. The highest BCUT2D eigenvalue weighted by Gasteiger charge is 2.34. The Bertz CT molecular complexity index is 744. The molecule has 0 aliphatic heterocycles. The molecule has 112 valence electrons. The number of carbonyl (C=O) groups is 1. The predicted octanol–water partition coefficient (Wildman–Crippen LogP) is 2.71. The Balaban J connectivity index is 2.45. The molecule has 10 heteroatoms. The maximum Gasteiger partial charge on any atom is 0.237 e. The smallest absolute Gasteiger partial charge is 0.237 e. The molecule has 0 atom stereocenters. The van der Waals surface area contributed by atoms with Gasteiger partial charge in [-0.3, -0.25) is 4.79 Å². The van der Waals surface area contributed by atoms with Gasteiger partial charge in [0.05, 0.1) is 27.5 Å². The monoisotopic (exact) mass is 347 g/mol. The minimum Gasteiger partial charge on any atom is -0.409 e. The van der Waals surface area contributed by atoms with Crippen LogP contribution in [0.4, 0.5) is 5.69 Å². The molecule has 1 heterocycles. The average Bonchev–Trinajstić information content (AvgIpc) is 2.91. The van der Waals surface area contributed by atoms with Gasteiger partial charge in [-0.25, -0.2) is 0 Å². The lowest BCUT2D eigenvalue weighted by atomic mass is 9.91. The Morgan fingerprint density at radius 2 is 2.00 bits per heavy atom. The van der Waals surface area contributed by atoms with Gasteiger partial charge in [0.2, 0.25) is 5.91 Å². The predicted molar refractivity (Wildman–Crippen MR) is 83.3 cm³/mol. The van der Waals surface area contributed by atoms with E-state index in [1.807, 2.05) is 0 Å². The second-order valence-electron chi connectivity index (χ2n) is 4.74. The van der Waals surface area contributed by atoms with Gasteiger partial charge < -0.3 is 16.3 Å². The molecule has 0 fully saturated rings. The van der Waals surface area contributed by atoms with E-state index in [1.54, 1.807) is 0 Å². The largest absolute Gasteiger partial charge is 0.409 e. The van der Waals surface area contributed by atoms with E-state index in [4.69, 9.17) is 34.1 Å². The highest BCUT2D eigenvalue weighted by atomic mass is 35.5. The van der Waals surface area contributed by atoms with Crippen LogP contribution in [0.25, 0.3) is 11.0 Å². The molecule has 2 aromatic rings. The number of hydrogen-bond donors (Lipinski definition) is 3.